The minimum absolute atomic E-state index is 0.0491. The molecular formula is C28H36N8O3. The van der Waals surface area contributed by atoms with Gasteiger partial charge >= 0.3 is 6.03 Å². The van der Waals surface area contributed by atoms with Crippen LogP contribution in [0, 0.1) is 0 Å². The number of piperazine rings is 1. The molecule has 1 aliphatic heterocycles. The first-order valence-corrected chi connectivity index (χ1v) is 13.6. The van der Waals surface area contributed by atoms with Crippen molar-refractivity contribution in [1.82, 2.24) is 35.1 Å². The fourth-order valence-corrected chi connectivity index (χ4v) is 5.26. The molecule has 2 fully saturated rings. The van der Waals surface area contributed by atoms with Gasteiger partial charge in [-0.15, -0.1) is 0 Å². The summed E-state index contributed by atoms with van der Waals surface area (Å²) >= 11 is 0. The molecule has 0 bridgehead atoms. The van der Waals surface area contributed by atoms with Crippen LogP contribution < -0.4 is 20.3 Å². The van der Waals surface area contributed by atoms with Crippen molar-refractivity contribution in [2.45, 2.75) is 57.2 Å². The smallest absolute Gasteiger partial charge is 0.317 e. The maximum atomic E-state index is 13.2. The largest absolute Gasteiger partial charge is 0.497 e. The zero-order chi connectivity index (χ0) is 27.0. The second-order valence-electron chi connectivity index (χ2n) is 10.1. The van der Waals surface area contributed by atoms with Crippen LogP contribution in [-0.2, 0) is 11.3 Å². The Labute approximate surface area is 228 Å². The van der Waals surface area contributed by atoms with E-state index in [0.717, 1.165) is 37.0 Å². The Morgan fingerprint density at radius 1 is 1.05 bits per heavy atom. The van der Waals surface area contributed by atoms with Gasteiger partial charge < -0.3 is 25.2 Å². The van der Waals surface area contributed by atoms with Gasteiger partial charge in [-0.2, -0.15) is 4.98 Å². The number of anilines is 1. The number of imidazole rings is 1. The summed E-state index contributed by atoms with van der Waals surface area (Å²) in [5.74, 6) is 1.91. The number of rotatable bonds is 8. The molecule has 1 unspecified atom stereocenters. The summed E-state index contributed by atoms with van der Waals surface area (Å²) in [7, 11) is 1.63. The van der Waals surface area contributed by atoms with Gasteiger partial charge in [0.15, 0.2) is 0 Å². The molecule has 2 aromatic heterocycles. The monoisotopic (exact) mass is 532 g/mol. The molecule has 11 nitrogen and oxygen atoms in total. The van der Waals surface area contributed by atoms with Gasteiger partial charge in [-0.05, 0) is 36.6 Å². The number of carbonyl (C=O) groups is 2. The molecule has 3 heterocycles. The Hall–Kier alpha value is -4.15. The molecule has 11 heteroatoms. The van der Waals surface area contributed by atoms with E-state index in [0.29, 0.717) is 37.9 Å². The second-order valence-corrected chi connectivity index (χ2v) is 10.1. The quantitative estimate of drug-likeness (QED) is 0.458. The number of carbonyl (C=O) groups excluding carboxylic acids is 2. The van der Waals surface area contributed by atoms with E-state index in [1.807, 2.05) is 35.2 Å². The van der Waals surface area contributed by atoms with E-state index in [1.165, 1.54) is 6.42 Å². The fraction of sp³-hybridized carbons (Fsp3) is 0.464. The van der Waals surface area contributed by atoms with Gasteiger partial charge in [0.1, 0.15) is 17.9 Å². The molecule has 2 N–H and O–H groups in total. The molecule has 3 aromatic rings. The van der Waals surface area contributed by atoms with Crippen molar-refractivity contribution in [3.05, 3.63) is 60.8 Å². The number of methoxy groups -OCH3 is 1. The first-order chi connectivity index (χ1) is 19.1. The summed E-state index contributed by atoms with van der Waals surface area (Å²) in [5, 5.41) is 6.25. The lowest BCUT2D eigenvalue weighted by molar-refractivity contribution is -0.121. The van der Waals surface area contributed by atoms with Gasteiger partial charge in [0.2, 0.25) is 11.9 Å². The van der Waals surface area contributed by atoms with E-state index in [1.54, 1.807) is 36.6 Å². The number of aromatic nitrogens is 4. The maximum absolute atomic E-state index is 13.2. The first-order valence-electron chi connectivity index (χ1n) is 13.6. The Morgan fingerprint density at radius 3 is 2.62 bits per heavy atom. The van der Waals surface area contributed by atoms with Crippen LogP contribution in [0.2, 0.25) is 0 Å². The molecule has 1 saturated heterocycles. The summed E-state index contributed by atoms with van der Waals surface area (Å²) in [5.41, 5.74) is 0.985. The standard InChI is InChI=1S/C28H36N8O3/c1-39-24-9-7-21(8-10-24)18-31-26(37)17-23-19-34(28(38)32-22-5-3-2-4-6-22)15-16-36(23)25-11-12-30-27(33-25)35-14-13-29-20-35/h7-14,20,22-23H,2-6,15-19H2,1H3,(H,31,37)(H,32,38). The summed E-state index contributed by atoms with van der Waals surface area (Å²) in [6, 6.07) is 9.41. The lowest BCUT2D eigenvalue weighted by Crippen LogP contribution is -2.59. The van der Waals surface area contributed by atoms with Crippen LogP contribution in [0.25, 0.3) is 5.95 Å². The van der Waals surface area contributed by atoms with Crippen molar-refractivity contribution in [2.24, 2.45) is 0 Å². The lowest BCUT2D eigenvalue weighted by atomic mass is 9.96. The maximum Gasteiger partial charge on any atom is 0.317 e. The Balaban J connectivity index is 1.28. The van der Waals surface area contributed by atoms with E-state index < -0.39 is 0 Å². The van der Waals surface area contributed by atoms with Crippen molar-refractivity contribution >= 4 is 17.8 Å². The first kappa shape index (κ1) is 26.5. The van der Waals surface area contributed by atoms with E-state index >= 15 is 0 Å². The van der Waals surface area contributed by atoms with Gasteiger partial charge in [0, 0.05) is 57.2 Å². The molecule has 5 rings (SSSR count). The van der Waals surface area contributed by atoms with Gasteiger partial charge in [-0.1, -0.05) is 31.4 Å². The van der Waals surface area contributed by atoms with Gasteiger partial charge in [0.05, 0.1) is 13.2 Å². The van der Waals surface area contributed by atoms with Crippen LogP contribution in [0.5, 0.6) is 5.75 Å². The molecular weight excluding hydrogens is 496 g/mol. The molecule has 2 aliphatic rings. The van der Waals surface area contributed by atoms with Crippen LogP contribution in [0.4, 0.5) is 10.6 Å². The highest BCUT2D eigenvalue weighted by atomic mass is 16.5. The Bertz CT molecular complexity index is 1230. The average Bonchev–Trinajstić information content (AvgIpc) is 3.52. The molecule has 0 radical (unpaired) electrons. The predicted molar refractivity (Wildman–Crippen MR) is 147 cm³/mol. The SMILES string of the molecule is COc1ccc(CNC(=O)CC2CN(C(=O)NC3CCCCC3)CCN2c2ccnc(-n3ccnc3)n2)cc1. The number of hydrogen-bond donors (Lipinski definition) is 2. The molecule has 0 spiro atoms. The highest BCUT2D eigenvalue weighted by molar-refractivity contribution is 5.78. The summed E-state index contributed by atoms with van der Waals surface area (Å²) in [4.78, 5) is 43.4. The predicted octanol–water partition coefficient (Wildman–Crippen LogP) is 2.91. The van der Waals surface area contributed by atoms with E-state index in [9.17, 15) is 9.59 Å². The van der Waals surface area contributed by atoms with Crippen LogP contribution in [0.15, 0.2) is 55.2 Å². The Kier molecular flexibility index (Phi) is 8.55. The van der Waals surface area contributed by atoms with E-state index in [4.69, 9.17) is 9.72 Å². The van der Waals surface area contributed by atoms with Crippen molar-refractivity contribution in [3.8, 4) is 11.7 Å². The number of urea groups is 1. The van der Waals surface area contributed by atoms with E-state index in [2.05, 4.69) is 25.5 Å². The van der Waals surface area contributed by atoms with Crippen molar-refractivity contribution in [1.29, 1.82) is 0 Å². The van der Waals surface area contributed by atoms with Crippen molar-refractivity contribution in [2.75, 3.05) is 31.6 Å². The summed E-state index contributed by atoms with van der Waals surface area (Å²) in [6.07, 6.45) is 12.7. The number of ether oxygens (including phenoxy) is 1. The number of benzene rings is 1. The molecule has 1 atom stereocenters. The molecule has 3 amide bonds. The van der Waals surface area contributed by atoms with Gasteiger partial charge in [-0.3, -0.25) is 9.36 Å². The third-order valence-electron chi connectivity index (χ3n) is 7.43. The highest BCUT2D eigenvalue weighted by Crippen LogP contribution is 2.23. The normalized spacial score (nSPS) is 18.0. The van der Waals surface area contributed by atoms with Crippen LogP contribution >= 0.6 is 0 Å². The molecule has 39 heavy (non-hydrogen) atoms. The Morgan fingerprint density at radius 2 is 1.87 bits per heavy atom. The minimum Gasteiger partial charge on any atom is -0.497 e. The number of amides is 3. The topological polar surface area (TPSA) is 118 Å². The van der Waals surface area contributed by atoms with Crippen LogP contribution in [0.1, 0.15) is 44.1 Å². The number of hydrogen-bond acceptors (Lipinski definition) is 7. The highest BCUT2D eigenvalue weighted by Gasteiger charge is 2.33. The molecule has 1 saturated carbocycles. The lowest BCUT2D eigenvalue weighted by Gasteiger charge is -2.42. The average molecular weight is 533 g/mol. The molecule has 1 aliphatic carbocycles. The minimum atomic E-state index is -0.239. The second kappa shape index (κ2) is 12.6. The summed E-state index contributed by atoms with van der Waals surface area (Å²) < 4.78 is 6.96. The van der Waals surface area contributed by atoms with Crippen LogP contribution in [-0.4, -0.2) is 75.2 Å². The van der Waals surface area contributed by atoms with Gasteiger partial charge in [0.25, 0.3) is 0 Å². The number of nitrogens with one attached hydrogen (secondary N) is 2. The van der Waals surface area contributed by atoms with Crippen LogP contribution in [0.3, 0.4) is 0 Å². The third kappa shape index (κ3) is 6.84. The number of nitrogens with zero attached hydrogens (tertiary/aromatic N) is 6. The zero-order valence-electron chi connectivity index (χ0n) is 22.3. The van der Waals surface area contributed by atoms with E-state index in [-0.39, 0.29) is 30.4 Å². The molecule has 1 aromatic carbocycles. The molecule has 206 valence electrons. The third-order valence-corrected chi connectivity index (χ3v) is 7.43. The summed E-state index contributed by atoms with van der Waals surface area (Å²) in [6.45, 7) is 1.96. The van der Waals surface area contributed by atoms with Crippen molar-refractivity contribution < 1.29 is 14.3 Å². The van der Waals surface area contributed by atoms with Gasteiger partial charge in [-0.25, -0.2) is 14.8 Å². The zero-order valence-corrected chi connectivity index (χ0v) is 22.3. The fourth-order valence-electron chi connectivity index (χ4n) is 5.26. The van der Waals surface area contributed by atoms with Crippen molar-refractivity contribution in [3.63, 3.8) is 0 Å².